The minimum Gasteiger partial charge on any atom is -0.341 e. The van der Waals surface area contributed by atoms with Crippen molar-refractivity contribution in [3.05, 3.63) is 35.4 Å². The number of nitrogens with zero attached hydrogens (tertiary/aromatic N) is 1. The topological polar surface area (TPSA) is 49.4 Å². The van der Waals surface area contributed by atoms with E-state index in [1.165, 1.54) is 5.56 Å². The van der Waals surface area contributed by atoms with Crippen LogP contribution in [-0.4, -0.2) is 29.8 Å². The average Bonchev–Trinajstić information content (AvgIpc) is 3.00. The number of carbonyl (C=O) groups excluding carboxylic acids is 2. The normalized spacial score (nSPS) is 16.0. The van der Waals surface area contributed by atoms with E-state index in [2.05, 4.69) is 24.4 Å². The number of nitrogens with one attached hydrogen (secondary N) is 1. The maximum absolute atomic E-state index is 11.9. The van der Waals surface area contributed by atoms with E-state index >= 15 is 0 Å². The second kappa shape index (κ2) is 6.55. The Balaban J connectivity index is 1.93. The van der Waals surface area contributed by atoms with E-state index in [0.717, 1.165) is 24.8 Å². The van der Waals surface area contributed by atoms with Crippen LogP contribution in [0.4, 0.5) is 0 Å². The molecule has 0 spiro atoms. The lowest BCUT2D eigenvalue weighted by atomic mass is 10.0. The lowest BCUT2D eigenvalue weighted by Gasteiger charge is -2.18. The summed E-state index contributed by atoms with van der Waals surface area (Å²) in [4.78, 5) is 25.5. The van der Waals surface area contributed by atoms with Gasteiger partial charge in [0.25, 0.3) is 0 Å². The highest BCUT2D eigenvalue weighted by atomic mass is 16.2. The summed E-state index contributed by atoms with van der Waals surface area (Å²) in [5, 5.41) is 2.78. The maximum atomic E-state index is 11.9. The summed E-state index contributed by atoms with van der Waals surface area (Å²) in [7, 11) is 0. The Labute approximate surface area is 120 Å². The molecule has 1 aliphatic heterocycles. The predicted molar refractivity (Wildman–Crippen MR) is 78.2 cm³/mol. The molecule has 1 aromatic rings. The quantitative estimate of drug-likeness (QED) is 0.858. The number of carbonyl (C=O) groups is 2. The number of aryl methyl sites for hydroxylation is 1. The summed E-state index contributed by atoms with van der Waals surface area (Å²) in [6.07, 6.45) is 2.98. The van der Waals surface area contributed by atoms with E-state index in [-0.39, 0.29) is 6.04 Å². The third-order valence-corrected chi connectivity index (χ3v) is 3.82. The number of likely N-dealkylation sites (tertiary alicyclic amines) is 1. The van der Waals surface area contributed by atoms with Gasteiger partial charge in [0.2, 0.25) is 0 Å². The molecule has 1 atom stereocenters. The minimum absolute atomic E-state index is 0.153. The maximum Gasteiger partial charge on any atom is 0.311 e. The molecule has 1 aliphatic rings. The van der Waals surface area contributed by atoms with Crippen molar-refractivity contribution in [2.24, 2.45) is 0 Å². The molecule has 0 bridgehead atoms. The SMILES string of the molecule is CCc1ccc(C(C)NC(=O)C(=O)N2CCCC2)cc1. The molecule has 20 heavy (non-hydrogen) atoms. The van der Waals surface area contributed by atoms with Crippen LogP contribution >= 0.6 is 0 Å². The molecule has 4 nitrogen and oxygen atoms in total. The smallest absolute Gasteiger partial charge is 0.311 e. The second-order valence-corrected chi connectivity index (χ2v) is 5.29. The summed E-state index contributed by atoms with van der Waals surface area (Å²) in [5.41, 5.74) is 2.28. The Bertz CT molecular complexity index is 476. The van der Waals surface area contributed by atoms with Gasteiger partial charge in [0.1, 0.15) is 0 Å². The molecule has 1 saturated heterocycles. The lowest BCUT2D eigenvalue weighted by Crippen LogP contribution is -2.42. The number of benzene rings is 1. The Morgan fingerprint density at radius 1 is 1.20 bits per heavy atom. The first kappa shape index (κ1) is 14.6. The standard InChI is InChI=1S/C16H22N2O2/c1-3-13-6-8-14(9-7-13)12(2)17-15(19)16(20)18-10-4-5-11-18/h6-9,12H,3-5,10-11H2,1-2H3,(H,17,19). The summed E-state index contributed by atoms with van der Waals surface area (Å²) in [5.74, 6) is -0.904. The fourth-order valence-corrected chi connectivity index (χ4v) is 2.45. The van der Waals surface area contributed by atoms with E-state index in [1.54, 1.807) is 4.90 Å². The summed E-state index contributed by atoms with van der Waals surface area (Å²) >= 11 is 0. The van der Waals surface area contributed by atoms with Crippen LogP contribution in [0.2, 0.25) is 0 Å². The minimum atomic E-state index is -0.501. The van der Waals surface area contributed by atoms with Gasteiger partial charge in [-0.05, 0) is 37.3 Å². The van der Waals surface area contributed by atoms with Gasteiger partial charge in [-0.3, -0.25) is 9.59 Å². The molecular weight excluding hydrogens is 252 g/mol. The van der Waals surface area contributed by atoms with Crippen LogP contribution in [0.15, 0.2) is 24.3 Å². The predicted octanol–water partition coefficient (Wildman–Crippen LogP) is 2.05. The Morgan fingerprint density at radius 3 is 2.35 bits per heavy atom. The molecule has 2 amide bonds. The van der Waals surface area contributed by atoms with Crippen LogP contribution in [0.3, 0.4) is 0 Å². The fraction of sp³-hybridized carbons (Fsp3) is 0.500. The van der Waals surface area contributed by atoms with Crippen molar-refractivity contribution in [3.8, 4) is 0 Å². The first-order valence-corrected chi connectivity index (χ1v) is 7.30. The Kier molecular flexibility index (Phi) is 4.77. The van der Waals surface area contributed by atoms with Crippen molar-refractivity contribution in [3.63, 3.8) is 0 Å². The van der Waals surface area contributed by atoms with Gasteiger partial charge in [0, 0.05) is 13.1 Å². The van der Waals surface area contributed by atoms with Crippen molar-refractivity contribution in [1.29, 1.82) is 0 Å². The van der Waals surface area contributed by atoms with Crippen molar-refractivity contribution in [1.82, 2.24) is 10.2 Å². The zero-order valence-electron chi connectivity index (χ0n) is 12.2. The van der Waals surface area contributed by atoms with Crippen LogP contribution in [0, 0.1) is 0 Å². The van der Waals surface area contributed by atoms with E-state index in [4.69, 9.17) is 0 Å². The highest BCUT2D eigenvalue weighted by Gasteiger charge is 2.25. The lowest BCUT2D eigenvalue weighted by molar-refractivity contribution is -0.145. The molecule has 0 radical (unpaired) electrons. The number of rotatable bonds is 3. The van der Waals surface area contributed by atoms with Crippen molar-refractivity contribution < 1.29 is 9.59 Å². The highest BCUT2D eigenvalue weighted by Crippen LogP contribution is 2.14. The van der Waals surface area contributed by atoms with Gasteiger partial charge in [-0.25, -0.2) is 0 Å². The van der Waals surface area contributed by atoms with Gasteiger partial charge in [-0.15, -0.1) is 0 Å². The first-order valence-electron chi connectivity index (χ1n) is 7.30. The third-order valence-electron chi connectivity index (χ3n) is 3.82. The van der Waals surface area contributed by atoms with Crippen LogP contribution < -0.4 is 5.32 Å². The van der Waals surface area contributed by atoms with Crippen LogP contribution in [0.5, 0.6) is 0 Å². The number of amides is 2. The molecule has 0 aromatic heterocycles. The molecule has 108 valence electrons. The summed E-state index contributed by atoms with van der Waals surface area (Å²) in [6.45, 7) is 5.41. The van der Waals surface area contributed by atoms with Crippen LogP contribution in [0.1, 0.15) is 43.9 Å². The zero-order chi connectivity index (χ0) is 14.5. The molecule has 1 heterocycles. The molecule has 0 aliphatic carbocycles. The molecule has 4 heteroatoms. The second-order valence-electron chi connectivity index (χ2n) is 5.29. The van der Waals surface area contributed by atoms with Crippen LogP contribution in [0.25, 0.3) is 0 Å². The largest absolute Gasteiger partial charge is 0.341 e. The molecule has 2 rings (SSSR count). The molecule has 1 unspecified atom stereocenters. The van der Waals surface area contributed by atoms with Gasteiger partial charge in [0.15, 0.2) is 0 Å². The van der Waals surface area contributed by atoms with Crippen molar-refractivity contribution in [2.45, 2.75) is 39.2 Å². The molecule has 1 aromatic carbocycles. The van der Waals surface area contributed by atoms with Crippen LogP contribution in [-0.2, 0) is 16.0 Å². The van der Waals surface area contributed by atoms with Crippen molar-refractivity contribution in [2.75, 3.05) is 13.1 Å². The summed E-state index contributed by atoms with van der Waals surface area (Å²) < 4.78 is 0. The number of hydrogen-bond acceptors (Lipinski definition) is 2. The van der Waals surface area contributed by atoms with Gasteiger partial charge in [-0.1, -0.05) is 31.2 Å². The first-order chi connectivity index (χ1) is 9.61. The van der Waals surface area contributed by atoms with Gasteiger partial charge < -0.3 is 10.2 Å². The van der Waals surface area contributed by atoms with E-state index in [1.807, 2.05) is 19.1 Å². The van der Waals surface area contributed by atoms with Gasteiger partial charge in [0.05, 0.1) is 6.04 Å². The molecule has 1 fully saturated rings. The van der Waals surface area contributed by atoms with Gasteiger partial charge in [-0.2, -0.15) is 0 Å². The van der Waals surface area contributed by atoms with Crippen molar-refractivity contribution >= 4 is 11.8 Å². The Morgan fingerprint density at radius 2 is 1.80 bits per heavy atom. The fourth-order valence-electron chi connectivity index (χ4n) is 2.45. The summed E-state index contributed by atoms with van der Waals surface area (Å²) in [6, 6.07) is 7.97. The molecular formula is C16H22N2O2. The zero-order valence-corrected chi connectivity index (χ0v) is 12.2. The monoisotopic (exact) mass is 274 g/mol. The molecule has 0 saturated carbocycles. The average molecular weight is 274 g/mol. The number of hydrogen-bond donors (Lipinski definition) is 1. The van der Waals surface area contributed by atoms with E-state index in [9.17, 15) is 9.59 Å². The van der Waals surface area contributed by atoms with E-state index < -0.39 is 11.8 Å². The van der Waals surface area contributed by atoms with E-state index in [0.29, 0.717) is 13.1 Å². The Hall–Kier alpha value is -1.84. The highest BCUT2D eigenvalue weighted by molar-refractivity contribution is 6.35. The molecule has 1 N–H and O–H groups in total. The van der Waals surface area contributed by atoms with Gasteiger partial charge >= 0.3 is 11.8 Å². The third kappa shape index (κ3) is 3.38.